The lowest BCUT2D eigenvalue weighted by Crippen LogP contribution is -2.53. The number of amides is 1. The van der Waals surface area contributed by atoms with E-state index in [-0.39, 0.29) is 31.3 Å². The van der Waals surface area contributed by atoms with Crippen LogP contribution < -0.4 is 5.73 Å². The number of esters is 1. The average molecular weight is 322 g/mol. The van der Waals surface area contributed by atoms with Crippen LogP contribution in [0.3, 0.4) is 0 Å². The molecule has 0 aliphatic carbocycles. The smallest absolute Gasteiger partial charge is 0.332 e. The summed E-state index contributed by atoms with van der Waals surface area (Å²) in [6.45, 7) is 2.15. The molecule has 1 rings (SSSR count). The fourth-order valence-corrected chi connectivity index (χ4v) is 3.93. The van der Waals surface area contributed by atoms with E-state index in [4.69, 9.17) is 15.2 Å². The van der Waals surface area contributed by atoms with E-state index in [0.717, 1.165) is 0 Å². The Balaban J connectivity index is 2.81. The summed E-state index contributed by atoms with van der Waals surface area (Å²) in [7, 11) is -1.68. The lowest BCUT2D eigenvalue weighted by atomic mass is 10.1. The van der Waals surface area contributed by atoms with E-state index in [9.17, 15) is 18.0 Å². The first-order chi connectivity index (χ1) is 9.82. The molecule has 0 radical (unpaired) electrons. The molecule has 0 aromatic rings. The van der Waals surface area contributed by atoms with Crippen LogP contribution in [0.5, 0.6) is 0 Å². The molecule has 2 unspecified atom stereocenters. The molecule has 1 heterocycles. The minimum Gasteiger partial charge on any atom is -0.464 e. The third-order valence-corrected chi connectivity index (χ3v) is 5.03. The van der Waals surface area contributed by atoms with Crippen molar-refractivity contribution in [2.45, 2.75) is 25.4 Å². The Kier molecular flexibility index (Phi) is 6.56. The Labute approximate surface area is 124 Å². The van der Waals surface area contributed by atoms with E-state index < -0.39 is 33.8 Å². The van der Waals surface area contributed by atoms with Gasteiger partial charge in [0.1, 0.15) is 0 Å². The maximum absolute atomic E-state index is 12.3. The van der Waals surface area contributed by atoms with Crippen molar-refractivity contribution in [1.29, 1.82) is 0 Å². The summed E-state index contributed by atoms with van der Waals surface area (Å²) in [6.07, 6.45) is 0.341. The van der Waals surface area contributed by atoms with Crippen LogP contribution in [-0.4, -0.2) is 75.7 Å². The van der Waals surface area contributed by atoms with Crippen LogP contribution in [0.15, 0.2) is 0 Å². The highest BCUT2D eigenvalue weighted by atomic mass is 32.2. The van der Waals surface area contributed by atoms with E-state index in [2.05, 4.69) is 0 Å². The van der Waals surface area contributed by atoms with Crippen molar-refractivity contribution in [3.8, 4) is 0 Å². The monoisotopic (exact) mass is 322 g/mol. The lowest BCUT2D eigenvalue weighted by molar-refractivity contribution is -0.151. The van der Waals surface area contributed by atoms with Crippen LogP contribution in [0, 0.1) is 0 Å². The summed E-state index contributed by atoms with van der Waals surface area (Å²) in [6, 6.07) is -1.91. The van der Waals surface area contributed by atoms with Crippen molar-refractivity contribution >= 4 is 21.7 Å². The number of nitrogens with zero attached hydrogens (tertiary/aromatic N) is 1. The number of hydrogen-bond donors (Lipinski definition) is 1. The number of nitrogens with two attached hydrogens (primary N) is 1. The van der Waals surface area contributed by atoms with Gasteiger partial charge in [0, 0.05) is 19.7 Å². The van der Waals surface area contributed by atoms with Crippen LogP contribution >= 0.6 is 0 Å². The molecule has 2 atom stereocenters. The molecule has 1 amide bonds. The largest absolute Gasteiger partial charge is 0.464 e. The Hall–Kier alpha value is -1.19. The topological polar surface area (TPSA) is 116 Å². The number of rotatable bonds is 7. The second-order valence-electron chi connectivity index (χ2n) is 4.81. The molecule has 1 aliphatic rings. The minimum absolute atomic E-state index is 0.0308. The zero-order valence-corrected chi connectivity index (χ0v) is 13.1. The molecule has 122 valence electrons. The number of carbonyl (C=O) groups excluding carboxylic acids is 2. The molecule has 0 spiro atoms. The van der Waals surface area contributed by atoms with Gasteiger partial charge in [0.05, 0.1) is 24.7 Å². The normalized spacial score (nSPS) is 21.8. The van der Waals surface area contributed by atoms with Crippen LogP contribution in [0.1, 0.15) is 13.3 Å². The second-order valence-corrected chi connectivity index (χ2v) is 7.04. The van der Waals surface area contributed by atoms with Crippen molar-refractivity contribution in [2.24, 2.45) is 5.73 Å². The van der Waals surface area contributed by atoms with E-state index in [1.807, 2.05) is 0 Å². The van der Waals surface area contributed by atoms with Gasteiger partial charge in [-0.3, -0.25) is 4.79 Å². The van der Waals surface area contributed by atoms with E-state index in [1.54, 1.807) is 6.92 Å². The molecule has 8 nitrogen and oxygen atoms in total. The molecule has 1 aliphatic heterocycles. The van der Waals surface area contributed by atoms with Gasteiger partial charge in [-0.25, -0.2) is 13.2 Å². The Morgan fingerprint density at radius 1 is 1.43 bits per heavy atom. The van der Waals surface area contributed by atoms with Gasteiger partial charge in [-0.15, -0.1) is 0 Å². The quantitative estimate of drug-likeness (QED) is 0.450. The van der Waals surface area contributed by atoms with Crippen molar-refractivity contribution in [3.63, 3.8) is 0 Å². The molecule has 2 N–H and O–H groups in total. The highest BCUT2D eigenvalue weighted by molar-refractivity contribution is 7.91. The van der Waals surface area contributed by atoms with Gasteiger partial charge in [-0.2, -0.15) is 0 Å². The van der Waals surface area contributed by atoms with Gasteiger partial charge >= 0.3 is 5.97 Å². The molecule has 0 aromatic heterocycles. The summed E-state index contributed by atoms with van der Waals surface area (Å²) in [5, 5.41) is 0. The summed E-state index contributed by atoms with van der Waals surface area (Å²) in [4.78, 5) is 25.2. The van der Waals surface area contributed by atoms with Gasteiger partial charge in [0.15, 0.2) is 15.9 Å². The van der Waals surface area contributed by atoms with E-state index >= 15 is 0 Å². The Bertz CT molecular complexity index is 478. The third kappa shape index (κ3) is 4.94. The van der Waals surface area contributed by atoms with Crippen molar-refractivity contribution in [2.75, 3.05) is 38.4 Å². The first-order valence-electron chi connectivity index (χ1n) is 6.74. The summed E-state index contributed by atoms with van der Waals surface area (Å²) in [5.74, 6) is -1.53. The second kappa shape index (κ2) is 7.71. The third-order valence-electron chi connectivity index (χ3n) is 3.28. The highest BCUT2D eigenvalue weighted by Crippen LogP contribution is 2.18. The van der Waals surface area contributed by atoms with Gasteiger partial charge in [0.2, 0.25) is 0 Å². The van der Waals surface area contributed by atoms with Crippen LogP contribution in [-0.2, 0) is 28.9 Å². The zero-order chi connectivity index (χ0) is 16.0. The Morgan fingerprint density at radius 3 is 2.57 bits per heavy atom. The molecule has 0 bridgehead atoms. The van der Waals surface area contributed by atoms with Crippen LogP contribution in [0.25, 0.3) is 0 Å². The van der Waals surface area contributed by atoms with Crippen molar-refractivity contribution < 1.29 is 27.5 Å². The minimum atomic E-state index is -3.15. The summed E-state index contributed by atoms with van der Waals surface area (Å²) >= 11 is 0. The standard InChI is InChI=1S/C12H22N2O6S/c1-3-20-12(16)10(13)11(15)14(5-6-19-2)9-4-7-21(17,18)8-9/h9-10H,3-8,13H2,1-2H3. The molecular weight excluding hydrogens is 300 g/mol. The number of methoxy groups -OCH3 is 1. The SMILES string of the molecule is CCOC(=O)C(N)C(=O)N(CCOC)C1CCS(=O)(=O)C1. The van der Waals surface area contributed by atoms with E-state index in [1.165, 1.54) is 12.0 Å². The van der Waals surface area contributed by atoms with Crippen LogP contribution in [0.4, 0.5) is 0 Å². The Morgan fingerprint density at radius 2 is 2.10 bits per heavy atom. The van der Waals surface area contributed by atoms with Gasteiger partial charge < -0.3 is 20.1 Å². The van der Waals surface area contributed by atoms with Crippen LogP contribution in [0.2, 0.25) is 0 Å². The first-order valence-corrected chi connectivity index (χ1v) is 8.56. The lowest BCUT2D eigenvalue weighted by Gasteiger charge is -2.29. The predicted molar refractivity (Wildman–Crippen MR) is 75.3 cm³/mol. The zero-order valence-electron chi connectivity index (χ0n) is 12.3. The summed E-state index contributed by atoms with van der Waals surface area (Å²) < 4.78 is 32.8. The molecule has 1 saturated heterocycles. The fourth-order valence-electron chi connectivity index (χ4n) is 2.20. The molecule has 21 heavy (non-hydrogen) atoms. The van der Waals surface area contributed by atoms with Gasteiger partial charge in [-0.05, 0) is 13.3 Å². The first kappa shape index (κ1) is 17.9. The number of hydrogen-bond acceptors (Lipinski definition) is 7. The maximum atomic E-state index is 12.3. The molecule has 0 saturated carbocycles. The summed E-state index contributed by atoms with van der Waals surface area (Å²) in [5.41, 5.74) is 5.60. The molecule has 0 aromatic carbocycles. The fraction of sp³-hybridized carbons (Fsp3) is 0.833. The average Bonchev–Trinajstić information content (AvgIpc) is 2.78. The van der Waals surface area contributed by atoms with Gasteiger partial charge in [-0.1, -0.05) is 0 Å². The molecular formula is C12H22N2O6S. The van der Waals surface area contributed by atoms with E-state index in [0.29, 0.717) is 6.42 Å². The number of ether oxygens (including phenoxy) is 2. The highest BCUT2D eigenvalue weighted by Gasteiger charge is 2.38. The molecule has 1 fully saturated rings. The number of carbonyl (C=O) groups is 2. The maximum Gasteiger partial charge on any atom is 0.332 e. The molecule has 9 heteroatoms. The van der Waals surface area contributed by atoms with Crippen molar-refractivity contribution in [1.82, 2.24) is 4.90 Å². The van der Waals surface area contributed by atoms with Gasteiger partial charge in [0.25, 0.3) is 5.91 Å². The van der Waals surface area contributed by atoms with Crippen molar-refractivity contribution in [3.05, 3.63) is 0 Å². The number of sulfone groups is 1. The predicted octanol–water partition coefficient (Wildman–Crippen LogP) is -1.46.